The first-order valence-corrected chi connectivity index (χ1v) is 5.88. The van der Waals surface area contributed by atoms with Crippen LogP contribution in [-0.4, -0.2) is 17.6 Å². The predicted octanol–water partition coefficient (Wildman–Crippen LogP) is 1.85. The first kappa shape index (κ1) is 12.0. The Labute approximate surface area is 101 Å². The monoisotopic (exact) mass is 237 g/mol. The van der Waals surface area contributed by atoms with E-state index in [4.69, 9.17) is 15.4 Å². The van der Waals surface area contributed by atoms with Crippen LogP contribution in [0.2, 0.25) is 0 Å². The Kier molecular flexibility index (Phi) is 3.38. The largest absolute Gasteiger partial charge is 0.468 e. The molecule has 1 aromatic heterocycles. The predicted molar refractivity (Wildman–Crippen MR) is 64.8 cm³/mol. The molecule has 94 valence electrons. The van der Waals surface area contributed by atoms with E-state index >= 15 is 0 Å². The van der Waals surface area contributed by atoms with E-state index in [1.807, 2.05) is 12.1 Å². The van der Waals surface area contributed by atoms with Gasteiger partial charge in [-0.3, -0.25) is 0 Å². The first-order chi connectivity index (χ1) is 8.15. The van der Waals surface area contributed by atoms with Crippen molar-refractivity contribution in [3.63, 3.8) is 0 Å². The molecule has 1 aliphatic carbocycles. The molecule has 4 N–H and O–H groups in total. The maximum Gasteiger partial charge on any atom is 0.139 e. The van der Waals surface area contributed by atoms with Crippen LogP contribution in [0, 0.1) is 5.41 Å². The van der Waals surface area contributed by atoms with Crippen LogP contribution in [0.5, 0.6) is 0 Å². The van der Waals surface area contributed by atoms with E-state index in [0.717, 1.165) is 25.1 Å². The van der Waals surface area contributed by atoms with Crippen LogP contribution in [-0.2, 0) is 0 Å². The van der Waals surface area contributed by atoms with Gasteiger partial charge >= 0.3 is 0 Å². The molecule has 1 aliphatic rings. The van der Waals surface area contributed by atoms with Crippen molar-refractivity contribution in [3.8, 4) is 0 Å². The van der Waals surface area contributed by atoms with Gasteiger partial charge in [0.1, 0.15) is 11.6 Å². The van der Waals surface area contributed by atoms with Gasteiger partial charge in [-0.2, -0.15) is 0 Å². The minimum absolute atomic E-state index is 0.178. The normalized spacial score (nSPS) is 20.2. The number of oxime groups is 1. The fourth-order valence-corrected chi connectivity index (χ4v) is 2.02. The fraction of sp³-hybridized carbons (Fsp3) is 0.583. The summed E-state index contributed by atoms with van der Waals surface area (Å²) < 4.78 is 5.33. The van der Waals surface area contributed by atoms with Crippen LogP contribution < -0.4 is 11.1 Å². The summed E-state index contributed by atoms with van der Waals surface area (Å²) in [7, 11) is 0. The number of nitrogens with zero attached hydrogens (tertiary/aromatic N) is 1. The molecular formula is C12H19N3O2. The van der Waals surface area contributed by atoms with Gasteiger partial charge < -0.3 is 20.7 Å². The maximum atomic E-state index is 8.58. The molecule has 5 nitrogen and oxygen atoms in total. The van der Waals surface area contributed by atoms with E-state index in [0.29, 0.717) is 12.3 Å². The Balaban J connectivity index is 1.82. The van der Waals surface area contributed by atoms with Gasteiger partial charge in [0, 0.05) is 13.0 Å². The molecule has 1 saturated carbocycles. The van der Waals surface area contributed by atoms with Gasteiger partial charge in [0.05, 0.1) is 12.3 Å². The van der Waals surface area contributed by atoms with Crippen LogP contribution in [0.3, 0.4) is 0 Å². The van der Waals surface area contributed by atoms with Crippen LogP contribution in [0.25, 0.3) is 0 Å². The van der Waals surface area contributed by atoms with Crippen molar-refractivity contribution in [1.29, 1.82) is 0 Å². The zero-order valence-electron chi connectivity index (χ0n) is 10.0. The Bertz CT molecular complexity index is 382. The molecule has 1 heterocycles. The lowest BCUT2D eigenvalue weighted by atomic mass is 10.0. The average Bonchev–Trinajstić information content (AvgIpc) is 2.88. The summed E-state index contributed by atoms with van der Waals surface area (Å²) in [5, 5.41) is 15.1. The van der Waals surface area contributed by atoms with Gasteiger partial charge in [0.25, 0.3) is 0 Å². The molecule has 0 amide bonds. The molecule has 0 aliphatic heterocycles. The summed E-state index contributed by atoms with van der Waals surface area (Å²) >= 11 is 0. The van der Waals surface area contributed by atoms with Crippen molar-refractivity contribution in [3.05, 3.63) is 24.2 Å². The molecule has 1 aromatic rings. The van der Waals surface area contributed by atoms with E-state index in [2.05, 4.69) is 17.4 Å². The van der Waals surface area contributed by atoms with Gasteiger partial charge in [0.2, 0.25) is 0 Å². The van der Waals surface area contributed by atoms with Gasteiger partial charge in [0.15, 0.2) is 0 Å². The molecule has 1 fully saturated rings. The van der Waals surface area contributed by atoms with Crippen LogP contribution in [0.4, 0.5) is 0 Å². The number of rotatable bonds is 6. The summed E-state index contributed by atoms with van der Waals surface area (Å²) in [6, 6.07) is 4.03. The van der Waals surface area contributed by atoms with Crippen LogP contribution in [0.1, 0.15) is 38.0 Å². The maximum absolute atomic E-state index is 8.58. The van der Waals surface area contributed by atoms with Crippen LogP contribution in [0.15, 0.2) is 28.0 Å². The van der Waals surface area contributed by atoms with Crippen molar-refractivity contribution >= 4 is 5.84 Å². The summed E-state index contributed by atoms with van der Waals surface area (Å²) in [5.41, 5.74) is 5.73. The lowest BCUT2D eigenvalue weighted by Crippen LogP contribution is -2.30. The fourth-order valence-electron chi connectivity index (χ4n) is 2.02. The standard InChI is InChI=1S/C12H19N3O2/c1-9(10-3-2-6-17-10)14-8-12(4-5-12)7-11(13)15-16/h2-3,6,9,14,16H,4-5,7-8H2,1H3,(H2,13,15)/t9-/m1/s1. The number of furan rings is 1. The Morgan fingerprint density at radius 3 is 3.00 bits per heavy atom. The van der Waals surface area contributed by atoms with E-state index < -0.39 is 0 Å². The SMILES string of the molecule is C[C@@H](NCC1(C/C(N)=N/O)CC1)c1ccco1. The molecule has 0 spiro atoms. The zero-order valence-corrected chi connectivity index (χ0v) is 10.0. The van der Waals surface area contributed by atoms with Gasteiger partial charge in [-0.25, -0.2) is 0 Å². The zero-order chi connectivity index (χ0) is 12.3. The lowest BCUT2D eigenvalue weighted by Gasteiger charge is -2.18. The molecule has 0 bridgehead atoms. The molecular weight excluding hydrogens is 218 g/mol. The number of amidine groups is 1. The number of hydrogen-bond donors (Lipinski definition) is 3. The second kappa shape index (κ2) is 4.79. The van der Waals surface area contributed by atoms with Crippen molar-refractivity contribution in [1.82, 2.24) is 5.32 Å². The molecule has 17 heavy (non-hydrogen) atoms. The minimum atomic E-state index is 0.178. The second-order valence-corrected chi connectivity index (χ2v) is 4.89. The Morgan fingerprint density at radius 2 is 2.47 bits per heavy atom. The first-order valence-electron chi connectivity index (χ1n) is 5.88. The third-order valence-electron chi connectivity index (χ3n) is 3.39. The van der Waals surface area contributed by atoms with Crippen molar-refractivity contribution in [2.45, 2.75) is 32.2 Å². The molecule has 2 rings (SSSR count). The number of nitrogens with one attached hydrogen (secondary N) is 1. The Hall–Kier alpha value is -1.49. The summed E-state index contributed by atoms with van der Waals surface area (Å²) in [6.45, 7) is 2.93. The number of hydrogen-bond acceptors (Lipinski definition) is 4. The highest BCUT2D eigenvalue weighted by Crippen LogP contribution is 2.48. The highest BCUT2D eigenvalue weighted by atomic mass is 16.4. The highest BCUT2D eigenvalue weighted by molar-refractivity contribution is 5.80. The smallest absolute Gasteiger partial charge is 0.139 e. The minimum Gasteiger partial charge on any atom is -0.468 e. The summed E-state index contributed by atoms with van der Waals surface area (Å²) in [6.07, 6.45) is 4.58. The van der Waals surface area contributed by atoms with Gasteiger partial charge in [-0.1, -0.05) is 5.16 Å². The van der Waals surface area contributed by atoms with E-state index in [-0.39, 0.29) is 11.5 Å². The number of nitrogens with two attached hydrogens (primary N) is 1. The van der Waals surface area contributed by atoms with Crippen molar-refractivity contribution < 1.29 is 9.62 Å². The quantitative estimate of drug-likeness (QED) is 0.305. The lowest BCUT2D eigenvalue weighted by molar-refractivity contribution is 0.313. The van der Waals surface area contributed by atoms with Gasteiger partial charge in [-0.15, -0.1) is 0 Å². The van der Waals surface area contributed by atoms with E-state index in [9.17, 15) is 0 Å². The molecule has 5 heteroatoms. The third kappa shape index (κ3) is 3.00. The van der Waals surface area contributed by atoms with E-state index in [1.165, 1.54) is 0 Å². The van der Waals surface area contributed by atoms with Crippen molar-refractivity contribution in [2.24, 2.45) is 16.3 Å². The average molecular weight is 237 g/mol. The van der Waals surface area contributed by atoms with Crippen LogP contribution >= 0.6 is 0 Å². The molecule has 1 atom stereocenters. The molecule has 0 unspecified atom stereocenters. The topological polar surface area (TPSA) is 83.8 Å². The summed E-state index contributed by atoms with van der Waals surface area (Å²) in [5.74, 6) is 1.25. The molecule has 0 radical (unpaired) electrons. The van der Waals surface area contributed by atoms with Gasteiger partial charge in [-0.05, 0) is 37.3 Å². The second-order valence-electron chi connectivity index (χ2n) is 4.89. The highest BCUT2D eigenvalue weighted by Gasteiger charge is 2.43. The summed E-state index contributed by atoms with van der Waals surface area (Å²) in [4.78, 5) is 0. The molecule has 0 saturated heterocycles. The van der Waals surface area contributed by atoms with E-state index in [1.54, 1.807) is 6.26 Å². The Morgan fingerprint density at radius 1 is 1.71 bits per heavy atom. The third-order valence-corrected chi connectivity index (χ3v) is 3.39. The molecule has 0 aromatic carbocycles. The van der Waals surface area contributed by atoms with Crippen molar-refractivity contribution in [2.75, 3.05) is 6.54 Å².